The summed E-state index contributed by atoms with van der Waals surface area (Å²) >= 11 is 0. The Bertz CT molecular complexity index is 954. The predicted molar refractivity (Wildman–Crippen MR) is 104 cm³/mol. The van der Waals surface area contributed by atoms with E-state index in [0.29, 0.717) is 19.4 Å². The van der Waals surface area contributed by atoms with Gasteiger partial charge >= 0.3 is 0 Å². The van der Waals surface area contributed by atoms with Crippen LogP contribution < -0.4 is 5.32 Å². The van der Waals surface area contributed by atoms with Crippen LogP contribution in [0.25, 0.3) is 0 Å². The molecule has 0 aromatic heterocycles. The molecule has 142 valence electrons. The van der Waals surface area contributed by atoms with Gasteiger partial charge in [0.05, 0.1) is 10.9 Å². The zero-order valence-corrected chi connectivity index (χ0v) is 16.2. The van der Waals surface area contributed by atoms with Crippen LogP contribution in [0.1, 0.15) is 42.0 Å². The molecule has 27 heavy (non-hydrogen) atoms. The Morgan fingerprint density at radius 3 is 2.59 bits per heavy atom. The van der Waals surface area contributed by atoms with Gasteiger partial charge in [-0.2, -0.15) is 4.31 Å². The summed E-state index contributed by atoms with van der Waals surface area (Å²) in [7, 11) is -3.67. The van der Waals surface area contributed by atoms with Crippen molar-refractivity contribution in [2.45, 2.75) is 49.6 Å². The Balaban J connectivity index is 1.53. The van der Waals surface area contributed by atoms with Gasteiger partial charge < -0.3 is 5.32 Å². The molecule has 6 heteroatoms. The number of carbonyl (C=O) groups is 1. The van der Waals surface area contributed by atoms with Gasteiger partial charge in [0.15, 0.2) is 0 Å². The van der Waals surface area contributed by atoms with E-state index >= 15 is 0 Å². The molecule has 1 fully saturated rings. The van der Waals surface area contributed by atoms with Crippen LogP contribution in [0.3, 0.4) is 0 Å². The van der Waals surface area contributed by atoms with E-state index in [1.807, 2.05) is 25.1 Å². The maximum atomic E-state index is 13.0. The number of fused-ring (bicyclic) bond motifs is 1. The minimum atomic E-state index is -3.67. The summed E-state index contributed by atoms with van der Waals surface area (Å²) in [5.41, 5.74) is 3.42. The van der Waals surface area contributed by atoms with Crippen LogP contribution in [0.5, 0.6) is 0 Å². The monoisotopic (exact) mass is 384 g/mol. The van der Waals surface area contributed by atoms with Crippen molar-refractivity contribution in [2.24, 2.45) is 0 Å². The standard InChI is InChI=1S/C21H24N2O3S/c1-15-8-11-17(12-9-15)27(25,26)23-14-4-7-20(23)21(24)22-19-13-10-16-5-2-3-6-18(16)19/h2-3,5-6,8-9,11-12,19-20H,4,7,10,13-14H2,1H3,(H,22,24)/t19?,20-/m0/s1. The van der Waals surface area contributed by atoms with E-state index in [1.54, 1.807) is 24.3 Å². The number of carbonyl (C=O) groups excluding carboxylic acids is 1. The predicted octanol–water partition coefficient (Wildman–Crippen LogP) is 2.95. The van der Waals surface area contributed by atoms with Gasteiger partial charge in [-0.05, 0) is 55.9 Å². The van der Waals surface area contributed by atoms with Crippen LogP contribution >= 0.6 is 0 Å². The summed E-state index contributed by atoms with van der Waals surface area (Å²) in [4.78, 5) is 13.2. The van der Waals surface area contributed by atoms with Crippen molar-refractivity contribution in [1.82, 2.24) is 9.62 Å². The van der Waals surface area contributed by atoms with Gasteiger partial charge in [0.25, 0.3) is 0 Å². The van der Waals surface area contributed by atoms with Gasteiger partial charge in [-0.25, -0.2) is 8.42 Å². The molecule has 1 aliphatic heterocycles. The van der Waals surface area contributed by atoms with Crippen molar-refractivity contribution in [2.75, 3.05) is 6.54 Å². The molecule has 1 unspecified atom stereocenters. The first-order valence-corrected chi connectivity index (χ1v) is 10.9. The number of nitrogens with zero attached hydrogens (tertiary/aromatic N) is 1. The molecule has 1 aliphatic carbocycles. The summed E-state index contributed by atoms with van der Waals surface area (Å²) in [5, 5.41) is 3.09. The fraction of sp³-hybridized carbons (Fsp3) is 0.381. The number of benzene rings is 2. The van der Waals surface area contributed by atoms with Crippen molar-refractivity contribution in [3.05, 3.63) is 65.2 Å². The average Bonchev–Trinajstić information content (AvgIpc) is 3.30. The number of hydrogen-bond acceptors (Lipinski definition) is 3. The highest BCUT2D eigenvalue weighted by Gasteiger charge is 2.40. The number of nitrogens with one attached hydrogen (secondary N) is 1. The summed E-state index contributed by atoms with van der Waals surface area (Å²) in [5.74, 6) is -0.190. The van der Waals surface area contributed by atoms with E-state index in [-0.39, 0.29) is 16.8 Å². The molecule has 1 amide bonds. The van der Waals surface area contributed by atoms with E-state index < -0.39 is 16.1 Å². The second-order valence-electron chi connectivity index (χ2n) is 7.39. The smallest absolute Gasteiger partial charge is 0.243 e. The Morgan fingerprint density at radius 1 is 1.07 bits per heavy atom. The Hall–Kier alpha value is -2.18. The molecular weight excluding hydrogens is 360 g/mol. The first kappa shape index (κ1) is 18.2. The zero-order valence-electron chi connectivity index (χ0n) is 15.4. The Kier molecular flexibility index (Phi) is 4.78. The summed E-state index contributed by atoms with van der Waals surface area (Å²) < 4.78 is 27.5. The Labute approximate surface area is 160 Å². The number of rotatable bonds is 4. The number of aryl methyl sites for hydroxylation is 2. The molecule has 1 heterocycles. The fourth-order valence-corrected chi connectivity index (χ4v) is 5.77. The Morgan fingerprint density at radius 2 is 1.81 bits per heavy atom. The van der Waals surface area contributed by atoms with E-state index in [4.69, 9.17) is 0 Å². The van der Waals surface area contributed by atoms with Gasteiger partial charge in [-0.15, -0.1) is 0 Å². The second-order valence-corrected chi connectivity index (χ2v) is 9.28. The van der Waals surface area contributed by atoms with Crippen LogP contribution in [0, 0.1) is 6.92 Å². The largest absolute Gasteiger partial charge is 0.348 e. The summed E-state index contributed by atoms with van der Waals surface area (Å²) in [6.45, 7) is 2.30. The van der Waals surface area contributed by atoms with Gasteiger partial charge in [0, 0.05) is 6.54 Å². The lowest BCUT2D eigenvalue weighted by molar-refractivity contribution is -0.125. The fourth-order valence-electron chi connectivity index (χ4n) is 4.11. The zero-order chi connectivity index (χ0) is 19.0. The average molecular weight is 385 g/mol. The molecule has 2 aliphatic rings. The van der Waals surface area contributed by atoms with Crippen LogP contribution in [-0.4, -0.2) is 31.2 Å². The first-order chi connectivity index (χ1) is 13.0. The lowest BCUT2D eigenvalue weighted by Gasteiger charge is -2.25. The third-order valence-corrected chi connectivity index (χ3v) is 7.51. The number of sulfonamides is 1. The minimum absolute atomic E-state index is 0.0294. The lowest BCUT2D eigenvalue weighted by Crippen LogP contribution is -2.46. The third-order valence-electron chi connectivity index (χ3n) is 5.58. The van der Waals surface area contributed by atoms with E-state index in [2.05, 4.69) is 11.4 Å². The van der Waals surface area contributed by atoms with Gasteiger partial charge in [-0.3, -0.25) is 4.79 Å². The lowest BCUT2D eigenvalue weighted by atomic mass is 10.1. The van der Waals surface area contributed by atoms with Crippen LogP contribution in [0.2, 0.25) is 0 Å². The van der Waals surface area contributed by atoms with Crippen molar-refractivity contribution < 1.29 is 13.2 Å². The molecule has 0 bridgehead atoms. The topological polar surface area (TPSA) is 66.5 Å². The molecule has 0 spiro atoms. The quantitative estimate of drug-likeness (QED) is 0.881. The molecule has 2 atom stereocenters. The molecular formula is C21H24N2O3S. The highest BCUT2D eigenvalue weighted by Crippen LogP contribution is 2.32. The molecule has 1 N–H and O–H groups in total. The van der Waals surface area contributed by atoms with Gasteiger partial charge in [0.1, 0.15) is 6.04 Å². The van der Waals surface area contributed by atoms with Crippen molar-refractivity contribution >= 4 is 15.9 Å². The van der Waals surface area contributed by atoms with Gasteiger partial charge in [0.2, 0.25) is 15.9 Å². The SMILES string of the molecule is Cc1ccc(S(=O)(=O)N2CCC[C@H]2C(=O)NC2CCc3ccccc32)cc1. The molecule has 0 saturated carbocycles. The highest BCUT2D eigenvalue weighted by molar-refractivity contribution is 7.89. The van der Waals surface area contributed by atoms with Crippen molar-refractivity contribution in [1.29, 1.82) is 0 Å². The molecule has 2 aromatic carbocycles. The van der Waals surface area contributed by atoms with E-state index in [0.717, 1.165) is 24.0 Å². The molecule has 2 aromatic rings. The second kappa shape index (κ2) is 7.09. The van der Waals surface area contributed by atoms with Crippen molar-refractivity contribution in [3.63, 3.8) is 0 Å². The van der Waals surface area contributed by atoms with E-state index in [9.17, 15) is 13.2 Å². The molecule has 5 nitrogen and oxygen atoms in total. The number of hydrogen-bond donors (Lipinski definition) is 1. The summed E-state index contributed by atoms with van der Waals surface area (Å²) in [6.07, 6.45) is 3.06. The number of amides is 1. The molecule has 0 radical (unpaired) electrons. The maximum Gasteiger partial charge on any atom is 0.243 e. The van der Waals surface area contributed by atoms with Crippen LogP contribution in [0.4, 0.5) is 0 Å². The normalized spacial score (nSPS) is 22.6. The molecule has 4 rings (SSSR count). The highest BCUT2D eigenvalue weighted by atomic mass is 32.2. The maximum absolute atomic E-state index is 13.0. The summed E-state index contributed by atoms with van der Waals surface area (Å²) in [6, 6.07) is 14.3. The van der Waals surface area contributed by atoms with E-state index in [1.165, 1.54) is 9.87 Å². The third kappa shape index (κ3) is 3.39. The first-order valence-electron chi connectivity index (χ1n) is 9.43. The van der Waals surface area contributed by atoms with Gasteiger partial charge in [-0.1, -0.05) is 42.0 Å². The minimum Gasteiger partial charge on any atom is -0.348 e. The van der Waals surface area contributed by atoms with Crippen LogP contribution in [0.15, 0.2) is 53.4 Å². The molecule has 1 saturated heterocycles. The van der Waals surface area contributed by atoms with Crippen molar-refractivity contribution in [3.8, 4) is 0 Å². The van der Waals surface area contributed by atoms with Crippen LogP contribution in [-0.2, 0) is 21.2 Å².